The van der Waals surface area contributed by atoms with Crippen LogP contribution in [-0.2, 0) is 7.05 Å². The van der Waals surface area contributed by atoms with Crippen molar-refractivity contribution < 1.29 is 4.79 Å². The normalized spacial score (nSPS) is 23.9. The molecule has 0 spiro atoms. The molecule has 0 atom stereocenters. The fourth-order valence-corrected chi connectivity index (χ4v) is 2.16. The molecule has 1 fully saturated rings. The summed E-state index contributed by atoms with van der Waals surface area (Å²) in [7, 11) is 3.64. The van der Waals surface area contributed by atoms with E-state index in [0.717, 1.165) is 19.4 Å². The van der Waals surface area contributed by atoms with Gasteiger partial charge in [-0.2, -0.15) is 5.10 Å². The Bertz CT molecular complexity index is 381. The molecular weight excluding hydrogens is 204 g/mol. The summed E-state index contributed by atoms with van der Waals surface area (Å²) in [6.07, 6.45) is 5.41. The molecule has 0 unspecified atom stereocenters. The summed E-state index contributed by atoms with van der Waals surface area (Å²) in [6, 6.07) is 0.340. The molecular formula is C11H18N4O. The van der Waals surface area contributed by atoms with Crippen molar-refractivity contribution in [3.05, 3.63) is 18.0 Å². The zero-order valence-corrected chi connectivity index (χ0v) is 9.76. The van der Waals surface area contributed by atoms with Crippen LogP contribution in [0.4, 0.5) is 0 Å². The standard InChI is InChI=1S/C11H18N4O/c1-14(6-8-3-10(12)4-8)11(16)9-5-13-15(2)7-9/h5,7-8,10H,3-4,6,12H2,1-2H3. The number of nitrogens with two attached hydrogens (primary N) is 1. The number of carbonyl (C=O) groups is 1. The molecule has 88 valence electrons. The summed E-state index contributed by atoms with van der Waals surface area (Å²) >= 11 is 0. The second-order valence-corrected chi connectivity index (χ2v) is 4.69. The third-order valence-corrected chi connectivity index (χ3v) is 3.10. The maximum absolute atomic E-state index is 12.0. The van der Waals surface area contributed by atoms with Crippen LogP contribution in [0.5, 0.6) is 0 Å². The Kier molecular flexibility index (Phi) is 2.96. The van der Waals surface area contributed by atoms with Crippen LogP contribution in [0.1, 0.15) is 23.2 Å². The van der Waals surface area contributed by atoms with E-state index in [1.165, 1.54) is 0 Å². The third-order valence-electron chi connectivity index (χ3n) is 3.10. The Morgan fingerprint density at radius 3 is 2.88 bits per heavy atom. The van der Waals surface area contributed by atoms with Gasteiger partial charge in [0.2, 0.25) is 0 Å². The van der Waals surface area contributed by atoms with E-state index in [1.54, 1.807) is 22.0 Å². The first-order chi connectivity index (χ1) is 7.56. The van der Waals surface area contributed by atoms with Crippen molar-refractivity contribution in [2.24, 2.45) is 18.7 Å². The van der Waals surface area contributed by atoms with E-state index >= 15 is 0 Å². The second-order valence-electron chi connectivity index (χ2n) is 4.69. The van der Waals surface area contributed by atoms with Gasteiger partial charge >= 0.3 is 0 Å². The van der Waals surface area contributed by atoms with Gasteiger partial charge in [-0.05, 0) is 18.8 Å². The first-order valence-corrected chi connectivity index (χ1v) is 5.56. The summed E-state index contributed by atoms with van der Waals surface area (Å²) < 4.78 is 1.64. The van der Waals surface area contributed by atoms with Gasteiger partial charge in [-0.25, -0.2) is 0 Å². The minimum Gasteiger partial charge on any atom is -0.341 e. The van der Waals surface area contributed by atoms with Crippen LogP contribution in [0.25, 0.3) is 0 Å². The van der Waals surface area contributed by atoms with E-state index < -0.39 is 0 Å². The number of rotatable bonds is 3. The Balaban J connectivity index is 1.89. The second kappa shape index (κ2) is 4.25. The van der Waals surface area contributed by atoms with Crippen LogP contribution in [0, 0.1) is 5.92 Å². The number of carbonyl (C=O) groups excluding carboxylic acids is 1. The zero-order chi connectivity index (χ0) is 11.7. The van der Waals surface area contributed by atoms with Gasteiger partial charge in [-0.15, -0.1) is 0 Å². The van der Waals surface area contributed by atoms with E-state index in [4.69, 9.17) is 5.73 Å². The number of aromatic nitrogens is 2. The minimum atomic E-state index is 0.0357. The highest BCUT2D eigenvalue weighted by atomic mass is 16.2. The lowest BCUT2D eigenvalue weighted by molar-refractivity contribution is 0.0734. The number of hydrogen-bond acceptors (Lipinski definition) is 3. The molecule has 1 aromatic rings. The Morgan fingerprint density at radius 2 is 2.38 bits per heavy atom. The summed E-state index contributed by atoms with van der Waals surface area (Å²) in [5.74, 6) is 0.606. The molecule has 2 rings (SSSR count). The molecule has 1 aromatic heterocycles. The third kappa shape index (κ3) is 2.24. The van der Waals surface area contributed by atoms with Gasteiger partial charge in [-0.3, -0.25) is 9.48 Å². The molecule has 5 nitrogen and oxygen atoms in total. The number of nitrogens with zero attached hydrogens (tertiary/aromatic N) is 3. The van der Waals surface area contributed by atoms with Gasteiger partial charge in [0.1, 0.15) is 0 Å². The van der Waals surface area contributed by atoms with Crippen molar-refractivity contribution in [2.45, 2.75) is 18.9 Å². The lowest BCUT2D eigenvalue weighted by atomic mass is 9.80. The predicted molar refractivity (Wildman–Crippen MR) is 60.9 cm³/mol. The fourth-order valence-electron chi connectivity index (χ4n) is 2.16. The smallest absolute Gasteiger partial charge is 0.256 e. The molecule has 0 aromatic carbocycles. The highest BCUT2D eigenvalue weighted by Gasteiger charge is 2.28. The van der Waals surface area contributed by atoms with Crippen molar-refractivity contribution in [3.63, 3.8) is 0 Å². The molecule has 1 saturated carbocycles. The lowest BCUT2D eigenvalue weighted by Crippen LogP contribution is -2.43. The Morgan fingerprint density at radius 1 is 1.69 bits per heavy atom. The summed E-state index contributed by atoms with van der Waals surface area (Å²) in [4.78, 5) is 13.7. The molecule has 0 radical (unpaired) electrons. The molecule has 0 aliphatic heterocycles. The van der Waals surface area contributed by atoms with Crippen LogP contribution < -0.4 is 5.73 Å². The van der Waals surface area contributed by atoms with Crippen LogP contribution >= 0.6 is 0 Å². The van der Waals surface area contributed by atoms with Gasteiger partial charge in [0.25, 0.3) is 5.91 Å². The predicted octanol–water partition coefficient (Wildman–Crippen LogP) is 0.229. The number of hydrogen-bond donors (Lipinski definition) is 1. The minimum absolute atomic E-state index is 0.0357. The summed E-state index contributed by atoms with van der Waals surface area (Å²) in [5.41, 5.74) is 6.37. The fraction of sp³-hybridized carbons (Fsp3) is 0.636. The van der Waals surface area contributed by atoms with E-state index in [0.29, 0.717) is 17.5 Å². The van der Waals surface area contributed by atoms with Crippen molar-refractivity contribution in [1.29, 1.82) is 0 Å². The van der Waals surface area contributed by atoms with E-state index in [1.807, 2.05) is 14.1 Å². The van der Waals surface area contributed by atoms with E-state index in [-0.39, 0.29) is 5.91 Å². The lowest BCUT2D eigenvalue weighted by Gasteiger charge is -2.35. The van der Waals surface area contributed by atoms with Crippen LogP contribution in [0.15, 0.2) is 12.4 Å². The quantitative estimate of drug-likeness (QED) is 0.796. The van der Waals surface area contributed by atoms with Crippen LogP contribution in [0.2, 0.25) is 0 Å². The molecule has 2 N–H and O–H groups in total. The average Bonchev–Trinajstić information content (AvgIpc) is 2.61. The highest BCUT2D eigenvalue weighted by molar-refractivity contribution is 5.93. The maximum Gasteiger partial charge on any atom is 0.256 e. The van der Waals surface area contributed by atoms with Crippen molar-refractivity contribution in [2.75, 3.05) is 13.6 Å². The largest absolute Gasteiger partial charge is 0.341 e. The maximum atomic E-state index is 12.0. The monoisotopic (exact) mass is 222 g/mol. The molecule has 1 amide bonds. The molecule has 1 heterocycles. The highest BCUT2D eigenvalue weighted by Crippen LogP contribution is 2.26. The molecule has 16 heavy (non-hydrogen) atoms. The molecule has 0 saturated heterocycles. The first-order valence-electron chi connectivity index (χ1n) is 5.56. The topological polar surface area (TPSA) is 64.2 Å². The van der Waals surface area contributed by atoms with Crippen molar-refractivity contribution >= 4 is 5.91 Å². The van der Waals surface area contributed by atoms with E-state index in [2.05, 4.69) is 5.10 Å². The Hall–Kier alpha value is -1.36. The van der Waals surface area contributed by atoms with Crippen molar-refractivity contribution in [3.8, 4) is 0 Å². The number of aryl methyl sites for hydroxylation is 1. The summed E-state index contributed by atoms with van der Waals surface area (Å²) in [5, 5.41) is 3.99. The average molecular weight is 222 g/mol. The zero-order valence-electron chi connectivity index (χ0n) is 9.76. The van der Waals surface area contributed by atoms with Crippen molar-refractivity contribution in [1.82, 2.24) is 14.7 Å². The van der Waals surface area contributed by atoms with Gasteiger partial charge in [-0.1, -0.05) is 0 Å². The van der Waals surface area contributed by atoms with Gasteiger partial charge < -0.3 is 10.6 Å². The molecule has 0 bridgehead atoms. The molecule has 5 heteroatoms. The Labute approximate surface area is 95.2 Å². The van der Waals surface area contributed by atoms with Crippen LogP contribution in [0.3, 0.4) is 0 Å². The number of amides is 1. The van der Waals surface area contributed by atoms with Gasteiger partial charge in [0.05, 0.1) is 11.8 Å². The molecule has 1 aliphatic rings. The van der Waals surface area contributed by atoms with E-state index in [9.17, 15) is 4.79 Å². The molecule has 1 aliphatic carbocycles. The first kappa shape index (κ1) is 11.1. The van der Waals surface area contributed by atoms with Gasteiger partial charge in [0.15, 0.2) is 0 Å². The SMILES string of the molecule is CN(CC1CC(N)C1)C(=O)c1cnn(C)c1. The van der Waals surface area contributed by atoms with Gasteiger partial charge in [0, 0.05) is 32.9 Å². The summed E-state index contributed by atoms with van der Waals surface area (Å²) in [6.45, 7) is 0.793. The van der Waals surface area contributed by atoms with Crippen LogP contribution in [-0.4, -0.2) is 40.2 Å².